The highest BCUT2D eigenvalue weighted by atomic mass is 16.5. The predicted octanol–water partition coefficient (Wildman–Crippen LogP) is 6.45. The average Bonchev–Trinajstić information content (AvgIpc) is 2.87. The summed E-state index contributed by atoms with van der Waals surface area (Å²) in [7, 11) is 3.25. The molecule has 0 fully saturated rings. The first kappa shape index (κ1) is 24.9. The summed E-state index contributed by atoms with van der Waals surface area (Å²) < 4.78 is 10.8. The highest BCUT2D eigenvalue weighted by Crippen LogP contribution is 2.27. The van der Waals surface area contributed by atoms with Crippen molar-refractivity contribution in [2.24, 2.45) is 0 Å². The van der Waals surface area contributed by atoms with Gasteiger partial charge < -0.3 is 19.7 Å². The largest absolute Gasteiger partial charge is 0.493 e. The normalized spacial score (nSPS) is 11.1. The number of urea groups is 1. The molecule has 5 nitrogen and oxygen atoms in total. The molecule has 0 aliphatic carbocycles. The molecule has 0 radical (unpaired) electrons. The van der Waals surface area contributed by atoms with E-state index in [0.717, 1.165) is 28.8 Å². The lowest BCUT2D eigenvalue weighted by molar-refractivity contribution is 0.216. The van der Waals surface area contributed by atoms with Crippen LogP contribution in [0.15, 0.2) is 78.4 Å². The molecule has 3 rings (SSSR count). The van der Waals surface area contributed by atoms with E-state index in [0.29, 0.717) is 31.0 Å². The zero-order chi connectivity index (χ0) is 24.3. The van der Waals surface area contributed by atoms with Gasteiger partial charge in [0.25, 0.3) is 0 Å². The maximum absolute atomic E-state index is 13.2. The molecule has 0 aliphatic rings. The molecule has 2 amide bonds. The maximum atomic E-state index is 13.2. The van der Waals surface area contributed by atoms with Crippen molar-refractivity contribution in [1.82, 2.24) is 4.90 Å². The zero-order valence-electron chi connectivity index (χ0n) is 20.5. The summed E-state index contributed by atoms with van der Waals surface area (Å²) >= 11 is 0. The second-order valence-corrected chi connectivity index (χ2v) is 8.24. The van der Waals surface area contributed by atoms with E-state index < -0.39 is 0 Å². The van der Waals surface area contributed by atoms with Crippen LogP contribution in [0, 0.1) is 0 Å². The molecule has 1 N–H and O–H groups in total. The fraction of sp³-hybridized carbons (Fsp3) is 0.276. The van der Waals surface area contributed by atoms with E-state index in [1.165, 1.54) is 5.56 Å². The number of anilines is 1. The van der Waals surface area contributed by atoms with Gasteiger partial charge >= 0.3 is 6.03 Å². The highest BCUT2D eigenvalue weighted by Gasteiger charge is 2.15. The Morgan fingerprint density at radius 1 is 0.912 bits per heavy atom. The molecule has 34 heavy (non-hydrogen) atoms. The van der Waals surface area contributed by atoms with Gasteiger partial charge in [0.1, 0.15) is 0 Å². The number of nitrogens with one attached hydrogen (secondary N) is 1. The minimum atomic E-state index is -0.120. The van der Waals surface area contributed by atoms with Crippen molar-refractivity contribution in [2.45, 2.75) is 26.7 Å². The third-order valence-electron chi connectivity index (χ3n) is 5.67. The second-order valence-electron chi connectivity index (χ2n) is 8.24. The quantitative estimate of drug-likeness (QED) is 0.380. The molecule has 5 heteroatoms. The fourth-order valence-corrected chi connectivity index (χ4v) is 3.76. The number of methoxy groups -OCH3 is 2. The SMILES string of the molecule is CCc1ccc(NC(=O)N(CCc2ccc(OC)c(OC)c2)CC(C)=Cc2ccccc2)cc1. The summed E-state index contributed by atoms with van der Waals surface area (Å²) in [5, 5.41) is 3.05. The molecule has 0 aliphatic heterocycles. The van der Waals surface area contributed by atoms with Gasteiger partial charge in [-0.1, -0.05) is 67.1 Å². The molecule has 0 atom stereocenters. The van der Waals surface area contributed by atoms with Crippen molar-refractivity contribution >= 4 is 17.8 Å². The van der Waals surface area contributed by atoms with Crippen molar-refractivity contribution in [3.8, 4) is 11.5 Å². The number of hydrogen-bond acceptors (Lipinski definition) is 3. The van der Waals surface area contributed by atoms with Crippen molar-refractivity contribution in [1.29, 1.82) is 0 Å². The van der Waals surface area contributed by atoms with Crippen molar-refractivity contribution in [3.05, 3.63) is 95.1 Å². The van der Waals surface area contributed by atoms with E-state index in [2.05, 4.69) is 37.4 Å². The highest BCUT2D eigenvalue weighted by molar-refractivity contribution is 5.89. The topological polar surface area (TPSA) is 50.8 Å². The van der Waals surface area contributed by atoms with Crippen LogP contribution >= 0.6 is 0 Å². The minimum Gasteiger partial charge on any atom is -0.493 e. The van der Waals surface area contributed by atoms with Gasteiger partial charge in [-0.2, -0.15) is 0 Å². The summed E-state index contributed by atoms with van der Waals surface area (Å²) in [5.41, 5.74) is 5.34. The Hall–Kier alpha value is -3.73. The first-order valence-electron chi connectivity index (χ1n) is 11.6. The van der Waals surface area contributed by atoms with Crippen LogP contribution in [0.25, 0.3) is 6.08 Å². The number of carbonyl (C=O) groups is 1. The van der Waals surface area contributed by atoms with Crippen molar-refractivity contribution in [2.75, 3.05) is 32.6 Å². The van der Waals surface area contributed by atoms with Gasteiger partial charge in [0.15, 0.2) is 11.5 Å². The number of ether oxygens (including phenoxy) is 2. The first-order valence-corrected chi connectivity index (χ1v) is 11.6. The third-order valence-corrected chi connectivity index (χ3v) is 5.67. The van der Waals surface area contributed by atoms with Crippen LogP contribution in [-0.4, -0.2) is 38.2 Å². The molecule has 0 saturated heterocycles. The first-order chi connectivity index (χ1) is 16.5. The minimum absolute atomic E-state index is 0.120. The van der Waals surface area contributed by atoms with Crippen LogP contribution in [0.2, 0.25) is 0 Å². The lowest BCUT2D eigenvalue weighted by atomic mass is 10.1. The van der Waals surface area contributed by atoms with Gasteiger partial charge in [-0.05, 0) is 60.7 Å². The molecular formula is C29H34N2O3. The molecule has 0 heterocycles. The summed E-state index contributed by atoms with van der Waals surface area (Å²) in [4.78, 5) is 15.1. The number of rotatable bonds is 10. The number of benzene rings is 3. The maximum Gasteiger partial charge on any atom is 0.322 e. The van der Waals surface area contributed by atoms with Gasteiger partial charge in [-0.15, -0.1) is 0 Å². The van der Waals surface area contributed by atoms with Crippen LogP contribution in [0.3, 0.4) is 0 Å². The number of nitrogens with zero attached hydrogens (tertiary/aromatic N) is 1. The predicted molar refractivity (Wildman–Crippen MR) is 140 cm³/mol. The number of hydrogen-bond donors (Lipinski definition) is 1. The molecule has 0 unspecified atom stereocenters. The summed E-state index contributed by atoms with van der Waals surface area (Å²) in [5.74, 6) is 1.38. The molecule has 3 aromatic rings. The van der Waals surface area contributed by atoms with Crippen LogP contribution in [0.1, 0.15) is 30.5 Å². The van der Waals surface area contributed by atoms with Crippen LogP contribution < -0.4 is 14.8 Å². The summed E-state index contributed by atoms with van der Waals surface area (Å²) in [6, 6.07) is 23.9. The Morgan fingerprint density at radius 3 is 2.24 bits per heavy atom. The van der Waals surface area contributed by atoms with E-state index in [-0.39, 0.29) is 6.03 Å². The van der Waals surface area contributed by atoms with E-state index in [1.54, 1.807) is 14.2 Å². The molecule has 0 bridgehead atoms. The lowest BCUT2D eigenvalue weighted by Gasteiger charge is -2.24. The van der Waals surface area contributed by atoms with Gasteiger partial charge in [-0.25, -0.2) is 4.79 Å². The Labute approximate surface area is 203 Å². The smallest absolute Gasteiger partial charge is 0.322 e. The van der Waals surface area contributed by atoms with E-state index in [1.807, 2.05) is 65.6 Å². The van der Waals surface area contributed by atoms with E-state index in [9.17, 15) is 4.79 Å². The Kier molecular flexibility index (Phi) is 9.15. The molecule has 0 spiro atoms. The molecule has 0 aromatic heterocycles. The van der Waals surface area contributed by atoms with Gasteiger partial charge in [-0.3, -0.25) is 0 Å². The summed E-state index contributed by atoms with van der Waals surface area (Å²) in [6.45, 7) is 5.26. The number of aryl methyl sites for hydroxylation is 1. The number of carbonyl (C=O) groups excluding carboxylic acids is 1. The second kappa shape index (κ2) is 12.5. The van der Waals surface area contributed by atoms with Crippen molar-refractivity contribution < 1.29 is 14.3 Å². The van der Waals surface area contributed by atoms with Gasteiger partial charge in [0.2, 0.25) is 0 Å². The Bertz CT molecular complexity index is 1090. The molecule has 0 saturated carbocycles. The van der Waals surface area contributed by atoms with E-state index in [4.69, 9.17) is 9.47 Å². The Balaban J connectivity index is 1.76. The van der Waals surface area contributed by atoms with Crippen molar-refractivity contribution in [3.63, 3.8) is 0 Å². The Morgan fingerprint density at radius 2 is 1.59 bits per heavy atom. The van der Waals surface area contributed by atoms with E-state index >= 15 is 0 Å². The van der Waals surface area contributed by atoms with Gasteiger partial charge in [0, 0.05) is 18.8 Å². The monoisotopic (exact) mass is 458 g/mol. The van der Waals surface area contributed by atoms with Crippen LogP contribution in [-0.2, 0) is 12.8 Å². The van der Waals surface area contributed by atoms with Gasteiger partial charge in [0.05, 0.1) is 14.2 Å². The standard InChI is InChI=1S/C29H34N2O3/c1-5-23-11-14-26(15-12-23)30-29(32)31(21-22(2)19-24-9-7-6-8-10-24)18-17-25-13-16-27(33-3)28(20-25)34-4/h6-16,19-20H,5,17-18,21H2,1-4H3,(H,30,32). The number of amides is 2. The lowest BCUT2D eigenvalue weighted by Crippen LogP contribution is -2.37. The third kappa shape index (κ3) is 7.14. The zero-order valence-corrected chi connectivity index (χ0v) is 20.5. The van der Waals surface area contributed by atoms with Crippen LogP contribution in [0.4, 0.5) is 10.5 Å². The average molecular weight is 459 g/mol. The molecular weight excluding hydrogens is 424 g/mol. The summed E-state index contributed by atoms with van der Waals surface area (Å²) in [6.07, 6.45) is 3.78. The molecule has 178 valence electrons. The fourth-order valence-electron chi connectivity index (χ4n) is 3.76. The van der Waals surface area contributed by atoms with Crippen LogP contribution in [0.5, 0.6) is 11.5 Å². The molecule has 3 aromatic carbocycles.